The van der Waals surface area contributed by atoms with Crippen LogP contribution in [0.3, 0.4) is 0 Å². The summed E-state index contributed by atoms with van der Waals surface area (Å²) in [7, 11) is 0. The van der Waals surface area contributed by atoms with E-state index >= 15 is 0 Å². The highest BCUT2D eigenvalue weighted by atomic mass is 35.5. The van der Waals surface area contributed by atoms with E-state index in [1.54, 1.807) is 6.07 Å². The highest BCUT2D eigenvalue weighted by Crippen LogP contribution is 2.19. The zero-order valence-electron chi connectivity index (χ0n) is 13.8. The molecule has 2 aromatic rings. The van der Waals surface area contributed by atoms with Crippen LogP contribution in [0.5, 0.6) is 0 Å². The molecular weight excluding hydrogens is 345 g/mol. The number of carbonyl (C=O) groups is 2. The average molecular weight is 364 g/mol. The molecule has 0 fully saturated rings. The van der Waals surface area contributed by atoms with Crippen molar-refractivity contribution in [2.75, 3.05) is 11.9 Å². The zero-order chi connectivity index (χ0) is 18.2. The molecule has 132 valence electrons. The minimum absolute atomic E-state index is 0.0849. The molecular formula is C18H19ClFN3O2. The van der Waals surface area contributed by atoms with E-state index in [4.69, 9.17) is 11.6 Å². The molecule has 0 radical (unpaired) electrons. The van der Waals surface area contributed by atoms with Crippen LogP contribution in [-0.2, 0) is 0 Å². The van der Waals surface area contributed by atoms with Crippen LogP contribution in [0, 0.1) is 5.82 Å². The quantitative estimate of drug-likeness (QED) is 0.729. The number of amides is 2. The molecule has 0 spiro atoms. The van der Waals surface area contributed by atoms with Gasteiger partial charge in [0.15, 0.2) is 0 Å². The summed E-state index contributed by atoms with van der Waals surface area (Å²) in [6.45, 7) is 2.68. The summed E-state index contributed by atoms with van der Waals surface area (Å²) < 4.78 is 13.1. The van der Waals surface area contributed by atoms with E-state index in [0.717, 1.165) is 25.3 Å². The number of nitrogens with one attached hydrogen (secondary N) is 2. The molecule has 1 heterocycles. The van der Waals surface area contributed by atoms with Crippen molar-refractivity contribution in [3.63, 3.8) is 0 Å². The van der Waals surface area contributed by atoms with Gasteiger partial charge in [-0.2, -0.15) is 0 Å². The maximum absolute atomic E-state index is 13.1. The number of halogens is 2. The molecule has 0 bridgehead atoms. The van der Waals surface area contributed by atoms with Gasteiger partial charge in [-0.25, -0.2) is 4.39 Å². The molecule has 0 aliphatic carbocycles. The molecule has 0 aliphatic heterocycles. The van der Waals surface area contributed by atoms with E-state index in [-0.39, 0.29) is 16.6 Å². The number of hydrogen-bond donors (Lipinski definition) is 2. The van der Waals surface area contributed by atoms with Crippen LogP contribution in [0.1, 0.15) is 47.0 Å². The van der Waals surface area contributed by atoms with Crippen LogP contribution in [0.2, 0.25) is 5.02 Å². The van der Waals surface area contributed by atoms with E-state index in [9.17, 15) is 14.0 Å². The van der Waals surface area contributed by atoms with Gasteiger partial charge in [0, 0.05) is 24.0 Å². The Morgan fingerprint density at radius 2 is 1.96 bits per heavy atom. The van der Waals surface area contributed by atoms with Gasteiger partial charge in [-0.15, -0.1) is 0 Å². The lowest BCUT2D eigenvalue weighted by atomic mass is 10.2. The van der Waals surface area contributed by atoms with E-state index < -0.39 is 11.7 Å². The van der Waals surface area contributed by atoms with E-state index in [0.29, 0.717) is 17.8 Å². The lowest BCUT2D eigenvalue weighted by Gasteiger charge is -2.08. The summed E-state index contributed by atoms with van der Waals surface area (Å²) in [6, 6.07) is 6.81. The molecule has 1 aromatic carbocycles. The van der Waals surface area contributed by atoms with Gasteiger partial charge in [0.2, 0.25) is 0 Å². The predicted octanol–water partition coefficient (Wildman–Crippen LogP) is 4.05. The van der Waals surface area contributed by atoms with Crippen molar-refractivity contribution in [2.24, 2.45) is 0 Å². The number of carbonyl (C=O) groups excluding carboxylic acids is 2. The SMILES string of the molecule is CCCCCNC(=O)c1ccnc(C(=O)Nc2ccc(F)c(Cl)c2)c1. The van der Waals surface area contributed by atoms with Crippen LogP contribution in [-0.4, -0.2) is 23.3 Å². The monoisotopic (exact) mass is 363 g/mol. The highest BCUT2D eigenvalue weighted by molar-refractivity contribution is 6.31. The molecule has 2 rings (SSSR count). The topological polar surface area (TPSA) is 71.1 Å². The molecule has 1 aromatic heterocycles. The van der Waals surface area contributed by atoms with E-state index in [1.165, 1.54) is 24.4 Å². The number of nitrogens with zero attached hydrogens (tertiary/aromatic N) is 1. The van der Waals surface area contributed by atoms with Gasteiger partial charge in [-0.05, 0) is 36.8 Å². The van der Waals surface area contributed by atoms with Crippen molar-refractivity contribution in [3.05, 3.63) is 58.6 Å². The van der Waals surface area contributed by atoms with E-state index in [1.807, 2.05) is 0 Å². The van der Waals surface area contributed by atoms with Gasteiger partial charge in [0.1, 0.15) is 11.5 Å². The minimum atomic E-state index is -0.570. The molecule has 7 heteroatoms. The Kier molecular flexibility index (Phi) is 6.89. The standard InChI is InChI=1S/C18H19ClFN3O2/c1-2-3-4-8-22-17(24)12-7-9-21-16(10-12)18(25)23-13-5-6-15(20)14(19)11-13/h5-7,9-11H,2-4,8H2,1H3,(H,22,24)(H,23,25). The number of anilines is 1. The fourth-order valence-corrected chi connectivity index (χ4v) is 2.32. The maximum atomic E-state index is 13.1. The highest BCUT2D eigenvalue weighted by Gasteiger charge is 2.12. The normalized spacial score (nSPS) is 10.4. The van der Waals surface area contributed by atoms with Gasteiger partial charge >= 0.3 is 0 Å². The van der Waals surface area contributed by atoms with Gasteiger partial charge in [0.05, 0.1) is 5.02 Å². The Hall–Kier alpha value is -2.47. The average Bonchev–Trinajstić information content (AvgIpc) is 2.62. The first-order chi connectivity index (χ1) is 12.0. The summed E-state index contributed by atoms with van der Waals surface area (Å²) in [5.74, 6) is -1.33. The molecule has 2 N–H and O–H groups in total. The molecule has 5 nitrogen and oxygen atoms in total. The molecule has 2 amide bonds. The number of pyridine rings is 1. The van der Waals surface area contributed by atoms with Crippen molar-refractivity contribution in [3.8, 4) is 0 Å². The predicted molar refractivity (Wildman–Crippen MR) is 95.5 cm³/mol. The second-order valence-corrected chi connectivity index (χ2v) is 5.88. The number of rotatable bonds is 7. The molecule has 0 atom stereocenters. The van der Waals surface area contributed by atoms with Gasteiger partial charge in [-0.1, -0.05) is 31.4 Å². The van der Waals surface area contributed by atoms with Gasteiger partial charge in [0.25, 0.3) is 11.8 Å². The summed E-state index contributed by atoms with van der Waals surface area (Å²) >= 11 is 5.69. The fourth-order valence-electron chi connectivity index (χ4n) is 2.14. The number of benzene rings is 1. The van der Waals surface area contributed by atoms with Crippen molar-refractivity contribution >= 4 is 29.1 Å². The third kappa shape index (κ3) is 5.53. The lowest BCUT2D eigenvalue weighted by Crippen LogP contribution is -2.25. The minimum Gasteiger partial charge on any atom is -0.352 e. The van der Waals surface area contributed by atoms with Gasteiger partial charge in [-0.3, -0.25) is 14.6 Å². The molecule has 0 aliphatic rings. The Morgan fingerprint density at radius 1 is 1.16 bits per heavy atom. The Labute approximate surface area is 150 Å². The molecule has 25 heavy (non-hydrogen) atoms. The summed E-state index contributed by atoms with van der Waals surface area (Å²) in [5.41, 5.74) is 0.781. The van der Waals surface area contributed by atoms with Crippen LogP contribution >= 0.6 is 11.6 Å². The van der Waals surface area contributed by atoms with Crippen LogP contribution in [0.15, 0.2) is 36.5 Å². The van der Waals surface area contributed by atoms with Crippen molar-refractivity contribution in [2.45, 2.75) is 26.2 Å². The summed E-state index contributed by atoms with van der Waals surface area (Å²) in [6.07, 6.45) is 4.42. The van der Waals surface area contributed by atoms with E-state index in [2.05, 4.69) is 22.5 Å². The number of hydrogen-bond acceptors (Lipinski definition) is 3. The Balaban J connectivity index is 2.03. The third-order valence-electron chi connectivity index (χ3n) is 3.50. The second kappa shape index (κ2) is 9.13. The third-order valence-corrected chi connectivity index (χ3v) is 3.79. The first-order valence-corrected chi connectivity index (χ1v) is 8.39. The van der Waals surface area contributed by atoms with Gasteiger partial charge < -0.3 is 10.6 Å². The van der Waals surface area contributed by atoms with Crippen molar-refractivity contribution in [1.82, 2.24) is 10.3 Å². The molecule has 0 saturated carbocycles. The molecule has 0 unspecified atom stereocenters. The Morgan fingerprint density at radius 3 is 2.68 bits per heavy atom. The smallest absolute Gasteiger partial charge is 0.274 e. The summed E-state index contributed by atoms with van der Waals surface area (Å²) in [5, 5.41) is 5.28. The first kappa shape index (κ1) is 18.9. The molecule has 0 saturated heterocycles. The van der Waals surface area contributed by atoms with Crippen molar-refractivity contribution in [1.29, 1.82) is 0 Å². The zero-order valence-corrected chi connectivity index (χ0v) is 14.6. The second-order valence-electron chi connectivity index (χ2n) is 5.48. The Bertz CT molecular complexity index is 768. The lowest BCUT2D eigenvalue weighted by molar-refractivity contribution is 0.0953. The van der Waals surface area contributed by atoms with Crippen LogP contribution < -0.4 is 10.6 Å². The van der Waals surface area contributed by atoms with Crippen molar-refractivity contribution < 1.29 is 14.0 Å². The summed E-state index contributed by atoms with van der Waals surface area (Å²) in [4.78, 5) is 28.3. The van der Waals surface area contributed by atoms with Crippen LogP contribution in [0.4, 0.5) is 10.1 Å². The number of aromatic nitrogens is 1. The number of unbranched alkanes of at least 4 members (excludes halogenated alkanes) is 2. The fraction of sp³-hybridized carbons (Fsp3) is 0.278. The largest absolute Gasteiger partial charge is 0.352 e. The maximum Gasteiger partial charge on any atom is 0.274 e. The van der Waals surface area contributed by atoms with Crippen LogP contribution in [0.25, 0.3) is 0 Å². The first-order valence-electron chi connectivity index (χ1n) is 8.02.